The van der Waals surface area contributed by atoms with Crippen LogP contribution in [0.15, 0.2) is 48.5 Å². The predicted molar refractivity (Wildman–Crippen MR) is 123 cm³/mol. The van der Waals surface area contributed by atoms with Gasteiger partial charge >= 0.3 is 6.18 Å². The fourth-order valence-corrected chi connectivity index (χ4v) is 3.29. The second-order valence-electron chi connectivity index (χ2n) is 8.62. The van der Waals surface area contributed by atoms with Crippen molar-refractivity contribution in [3.05, 3.63) is 65.6 Å². The van der Waals surface area contributed by atoms with Crippen molar-refractivity contribution in [3.63, 3.8) is 0 Å². The predicted octanol–water partition coefficient (Wildman–Crippen LogP) is 6.91. The fourth-order valence-electron chi connectivity index (χ4n) is 3.29. The highest BCUT2D eigenvalue weighted by Gasteiger charge is 2.58. The molecule has 0 radical (unpaired) electrons. The Kier molecular flexibility index (Phi) is 8.30. The van der Waals surface area contributed by atoms with Crippen molar-refractivity contribution in [2.24, 2.45) is 5.92 Å². The molecule has 0 amide bonds. The van der Waals surface area contributed by atoms with Gasteiger partial charge in [0.2, 0.25) is 0 Å². The normalized spacial score (nSPS) is 14.4. The zero-order chi connectivity index (χ0) is 25.0. The largest absolute Gasteiger partial charge is 0.505 e. The van der Waals surface area contributed by atoms with Crippen molar-refractivity contribution in [3.8, 4) is 5.75 Å². The van der Waals surface area contributed by atoms with Crippen molar-refractivity contribution in [1.82, 2.24) is 4.98 Å². The van der Waals surface area contributed by atoms with E-state index in [1.807, 2.05) is 0 Å². The van der Waals surface area contributed by atoms with Crippen LogP contribution in [0.3, 0.4) is 0 Å². The number of aryl methyl sites for hydroxylation is 1. The van der Waals surface area contributed by atoms with Crippen LogP contribution < -0.4 is 5.32 Å². The Morgan fingerprint density at radius 3 is 2.21 bits per heavy atom. The van der Waals surface area contributed by atoms with Crippen LogP contribution in [0.1, 0.15) is 51.4 Å². The van der Waals surface area contributed by atoms with Gasteiger partial charge in [-0.2, -0.15) is 13.2 Å². The van der Waals surface area contributed by atoms with E-state index >= 15 is 0 Å². The summed E-state index contributed by atoms with van der Waals surface area (Å²) >= 11 is 0. The second kappa shape index (κ2) is 10.4. The summed E-state index contributed by atoms with van der Waals surface area (Å²) in [5.74, 6) is -0.936. The fraction of sp³-hybridized carbons (Fsp3) is 0.400. The van der Waals surface area contributed by atoms with Crippen LogP contribution in [-0.2, 0) is 0 Å². The first-order valence-corrected chi connectivity index (χ1v) is 10.7. The van der Waals surface area contributed by atoms with Crippen LogP contribution in [0, 0.1) is 18.7 Å². The van der Waals surface area contributed by atoms with E-state index in [1.54, 1.807) is 37.3 Å². The van der Waals surface area contributed by atoms with E-state index in [2.05, 4.69) is 31.1 Å². The molecule has 0 aliphatic heterocycles. The van der Waals surface area contributed by atoms with E-state index in [0.717, 1.165) is 29.8 Å². The number of hydrogen-bond acceptors (Lipinski definition) is 4. The molecule has 0 fully saturated rings. The summed E-state index contributed by atoms with van der Waals surface area (Å²) in [6, 6.07) is 9.52. The van der Waals surface area contributed by atoms with Crippen LogP contribution in [-0.4, -0.2) is 27.0 Å². The molecule has 4 nitrogen and oxygen atoms in total. The lowest BCUT2D eigenvalue weighted by molar-refractivity contribution is -0.267. The molecule has 2 atom stereocenters. The Morgan fingerprint density at radius 2 is 1.67 bits per heavy atom. The number of hydrogen-bond donors (Lipinski definition) is 3. The Balaban J connectivity index is 0.000000890. The molecule has 33 heavy (non-hydrogen) atoms. The first-order chi connectivity index (χ1) is 15.3. The van der Waals surface area contributed by atoms with Gasteiger partial charge in [-0.3, -0.25) is 4.98 Å². The molecule has 180 valence electrons. The van der Waals surface area contributed by atoms with Crippen molar-refractivity contribution in [1.29, 1.82) is 0 Å². The van der Waals surface area contributed by atoms with Crippen LogP contribution in [0.4, 0.5) is 23.2 Å². The van der Waals surface area contributed by atoms with Crippen molar-refractivity contribution in [2.75, 3.05) is 5.32 Å². The Morgan fingerprint density at radius 1 is 1.03 bits per heavy atom. The zero-order valence-electron chi connectivity index (χ0n) is 19.3. The van der Waals surface area contributed by atoms with Gasteiger partial charge in [0.05, 0.1) is 11.6 Å². The number of phenols is 1. The maximum atomic E-state index is 13.9. The van der Waals surface area contributed by atoms with Crippen molar-refractivity contribution >= 4 is 16.6 Å². The van der Waals surface area contributed by atoms with Gasteiger partial charge in [0.1, 0.15) is 0 Å². The summed E-state index contributed by atoms with van der Waals surface area (Å²) in [6.45, 7) is 9.50. The van der Waals surface area contributed by atoms with Crippen LogP contribution in [0.2, 0.25) is 0 Å². The molecule has 3 N–H and O–H groups in total. The summed E-state index contributed by atoms with van der Waals surface area (Å²) in [5.41, 5.74) is -1.64. The number of halogens is 4. The molecule has 0 spiro atoms. The number of nitrogens with zero attached hydrogens (tertiary/aromatic N) is 1. The molecule has 1 aromatic heterocycles. The second-order valence-corrected chi connectivity index (χ2v) is 8.62. The minimum atomic E-state index is -4.98. The first-order valence-electron chi connectivity index (χ1n) is 10.7. The third kappa shape index (κ3) is 6.13. The number of benzene rings is 2. The lowest BCUT2D eigenvalue weighted by atomic mass is 9.85. The molecule has 2 unspecified atom stereocenters. The van der Waals surface area contributed by atoms with Gasteiger partial charge in [0.25, 0.3) is 0 Å². The van der Waals surface area contributed by atoms with E-state index in [4.69, 9.17) is 0 Å². The quantitative estimate of drug-likeness (QED) is 0.358. The summed E-state index contributed by atoms with van der Waals surface area (Å²) in [7, 11) is 0. The number of pyridine rings is 1. The average Bonchev–Trinajstić information content (AvgIpc) is 2.72. The Hall–Kier alpha value is -2.87. The van der Waals surface area contributed by atoms with E-state index in [9.17, 15) is 27.8 Å². The molecule has 0 bridgehead atoms. The Bertz CT molecular complexity index is 1080. The number of aliphatic hydroxyl groups is 1. The standard InChI is InChI=1S/C21H20F4N2O2.C4H10/c1-3-20(29,21(23,24)25)19(13-8-10-15(22)18(28)11-13)27-17-6-4-5-16-14(17)9-7-12(2)26-16;1-4(2)3/h4-11,19,27-29H,3H2,1-2H3;4H,1-3H3. The third-order valence-electron chi connectivity index (χ3n) is 4.98. The SMILES string of the molecule is CC(C)C.CCC(O)(C(Nc1cccc2nc(C)ccc12)c1ccc(F)c(O)c1)C(F)(F)F. The highest BCUT2D eigenvalue weighted by Crippen LogP contribution is 2.45. The number of rotatable bonds is 5. The summed E-state index contributed by atoms with van der Waals surface area (Å²) in [6.07, 6.45) is -5.64. The van der Waals surface area contributed by atoms with Crippen LogP contribution >= 0.6 is 0 Å². The van der Waals surface area contributed by atoms with E-state index in [1.165, 1.54) is 6.92 Å². The van der Waals surface area contributed by atoms with Gasteiger partial charge in [-0.15, -0.1) is 0 Å². The minimum Gasteiger partial charge on any atom is -0.505 e. The smallest absolute Gasteiger partial charge is 0.419 e. The van der Waals surface area contributed by atoms with Gasteiger partial charge in [-0.05, 0) is 61.2 Å². The third-order valence-corrected chi connectivity index (χ3v) is 4.98. The van der Waals surface area contributed by atoms with Gasteiger partial charge in [0, 0.05) is 16.8 Å². The monoisotopic (exact) mass is 466 g/mol. The maximum absolute atomic E-state index is 13.9. The molecule has 1 heterocycles. The van der Waals surface area contributed by atoms with E-state index < -0.39 is 35.8 Å². The topological polar surface area (TPSA) is 65.4 Å². The molecule has 0 saturated heterocycles. The molecule has 0 aliphatic carbocycles. The van der Waals surface area contributed by atoms with Crippen molar-refractivity contribution < 1.29 is 27.8 Å². The Labute approximate surface area is 191 Å². The average molecular weight is 467 g/mol. The molecule has 3 rings (SSSR count). The maximum Gasteiger partial charge on any atom is 0.419 e. The van der Waals surface area contributed by atoms with E-state index in [-0.39, 0.29) is 5.56 Å². The lowest BCUT2D eigenvalue weighted by Gasteiger charge is -2.38. The molecule has 8 heteroatoms. The van der Waals surface area contributed by atoms with Gasteiger partial charge < -0.3 is 15.5 Å². The van der Waals surface area contributed by atoms with E-state index in [0.29, 0.717) is 16.6 Å². The number of nitrogens with one attached hydrogen (secondary N) is 1. The minimum absolute atomic E-state index is 0.109. The summed E-state index contributed by atoms with van der Waals surface area (Å²) in [5, 5.41) is 23.6. The van der Waals surface area contributed by atoms with Crippen LogP contribution in [0.25, 0.3) is 10.9 Å². The summed E-state index contributed by atoms with van der Waals surface area (Å²) in [4.78, 5) is 4.36. The van der Waals surface area contributed by atoms with Crippen molar-refractivity contribution in [2.45, 2.75) is 58.9 Å². The highest BCUT2D eigenvalue weighted by molar-refractivity contribution is 5.91. The van der Waals surface area contributed by atoms with Gasteiger partial charge in [-0.25, -0.2) is 4.39 Å². The van der Waals surface area contributed by atoms with Gasteiger partial charge in [0.15, 0.2) is 17.2 Å². The summed E-state index contributed by atoms with van der Waals surface area (Å²) < 4.78 is 55.0. The first kappa shape index (κ1) is 26.4. The zero-order valence-corrected chi connectivity index (χ0v) is 19.3. The van der Waals surface area contributed by atoms with Crippen LogP contribution in [0.5, 0.6) is 5.75 Å². The molecular weight excluding hydrogens is 436 g/mol. The highest BCUT2D eigenvalue weighted by atomic mass is 19.4. The molecule has 2 aromatic carbocycles. The molecule has 0 saturated carbocycles. The molecule has 3 aromatic rings. The number of anilines is 1. The number of alkyl halides is 3. The van der Waals surface area contributed by atoms with Gasteiger partial charge in [-0.1, -0.05) is 39.8 Å². The number of aromatic nitrogens is 1. The number of fused-ring (bicyclic) bond motifs is 1. The number of phenolic OH excluding ortho intramolecular Hbond substituents is 1. The number of aromatic hydroxyl groups is 1. The molecular formula is C25H30F4N2O2. The molecule has 0 aliphatic rings. The lowest BCUT2D eigenvalue weighted by Crippen LogP contribution is -2.52.